The number of aromatic nitrogens is 5. The lowest BCUT2D eigenvalue weighted by molar-refractivity contribution is 0.0598. The Morgan fingerprint density at radius 1 is 1.31 bits per heavy atom. The Morgan fingerprint density at radius 3 is 2.69 bits per heavy atom. The van der Waals surface area contributed by atoms with Crippen molar-refractivity contribution in [2.24, 2.45) is 20.0 Å². The van der Waals surface area contributed by atoms with E-state index in [2.05, 4.69) is 16.1 Å². The van der Waals surface area contributed by atoms with Gasteiger partial charge in [-0.15, -0.1) is 5.10 Å². The molecule has 1 atom stereocenters. The topological polar surface area (TPSA) is 120 Å². The second-order valence-electron chi connectivity index (χ2n) is 10.0. The van der Waals surface area contributed by atoms with Crippen molar-refractivity contribution >= 4 is 35.2 Å². The van der Waals surface area contributed by atoms with Crippen molar-refractivity contribution in [2.45, 2.75) is 52.0 Å². The number of pyridine rings is 1. The van der Waals surface area contributed by atoms with E-state index in [4.69, 9.17) is 9.47 Å². The Labute approximate surface area is 203 Å². The molecule has 11 nitrogen and oxygen atoms in total. The van der Waals surface area contributed by atoms with E-state index in [9.17, 15) is 14.9 Å². The van der Waals surface area contributed by atoms with Gasteiger partial charge in [0.05, 0.1) is 25.3 Å². The second kappa shape index (κ2) is 9.13. The summed E-state index contributed by atoms with van der Waals surface area (Å²) in [4.78, 5) is 32.8. The molecule has 1 fully saturated rings. The second-order valence-corrected chi connectivity index (χ2v) is 10.0. The number of methoxy groups -OCH3 is 1. The predicted octanol–water partition coefficient (Wildman–Crippen LogP) is 3.13. The van der Waals surface area contributed by atoms with Crippen LogP contribution in [0.3, 0.4) is 0 Å². The number of nitrogens with zero attached hydrogens (tertiary/aromatic N) is 7. The van der Waals surface area contributed by atoms with Gasteiger partial charge in [-0.1, -0.05) is 19.1 Å². The summed E-state index contributed by atoms with van der Waals surface area (Å²) in [6.07, 6.45) is 6.65. The highest BCUT2D eigenvalue weighted by atomic mass is 16.6. The number of carbonyl (C=O) groups excluding carboxylic acids is 1. The maximum atomic E-state index is 13.6. The molecule has 0 saturated carbocycles. The number of hydrogen-bond donors (Lipinski definition) is 0. The molecule has 3 aromatic heterocycles. The smallest absolute Gasteiger partial charge is 0.419 e. The van der Waals surface area contributed by atoms with Crippen LogP contribution in [0, 0.1) is 17.1 Å². The maximum Gasteiger partial charge on any atom is 0.419 e. The zero-order valence-electron chi connectivity index (χ0n) is 21.0. The standard InChI is InChI=1S/C23H30BN7O4/c1-23(2,3)35-22(33)31(17-11-29(5)27-20(17)34-6)16-12-30(10-15-7-8-24(9-15)13-25)21(32)19-18(16)26-14-28(19)4/h11-12,14-15H,7-10H2,1-6H3. The van der Waals surface area contributed by atoms with E-state index >= 15 is 0 Å². The largest absolute Gasteiger partial charge is 0.478 e. The van der Waals surface area contributed by atoms with Crippen LogP contribution in [0.5, 0.6) is 5.88 Å². The van der Waals surface area contributed by atoms with Gasteiger partial charge < -0.3 is 18.6 Å². The summed E-state index contributed by atoms with van der Waals surface area (Å²) in [5.41, 5.74) is 0.521. The number of carbonyl (C=O) groups is 1. The highest BCUT2D eigenvalue weighted by molar-refractivity contribution is 6.67. The fourth-order valence-corrected chi connectivity index (χ4v) is 4.60. The van der Waals surface area contributed by atoms with Gasteiger partial charge in [0, 0.05) is 32.8 Å². The third kappa shape index (κ3) is 4.76. The Bertz CT molecular complexity index is 1360. The number of nitriles is 1. The molecular weight excluding hydrogens is 449 g/mol. The maximum absolute atomic E-state index is 13.6. The zero-order valence-corrected chi connectivity index (χ0v) is 21.0. The van der Waals surface area contributed by atoms with Gasteiger partial charge in [-0.3, -0.25) is 9.48 Å². The highest BCUT2D eigenvalue weighted by Crippen LogP contribution is 2.37. The van der Waals surface area contributed by atoms with E-state index in [1.165, 1.54) is 16.7 Å². The summed E-state index contributed by atoms with van der Waals surface area (Å²) in [5, 5.41) is 13.6. The summed E-state index contributed by atoms with van der Waals surface area (Å²) in [6, 6.07) is 0. The van der Waals surface area contributed by atoms with E-state index in [0.29, 0.717) is 29.0 Å². The average Bonchev–Trinajstić information content (AvgIpc) is 3.48. The minimum Gasteiger partial charge on any atom is -0.478 e. The number of amides is 1. The van der Waals surface area contributed by atoms with Crippen LogP contribution in [0.15, 0.2) is 23.5 Å². The van der Waals surface area contributed by atoms with Crippen molar-refractivity contribution in [3.05, 3.63) is 29.1 Å². The van der Waals surface area contributed by atoms with Gasteiger partial charge in [0.25, 0.3) is 18.2 Å². The van der Waals surface area contributed by atoms with Crippen LogP contribution in [0.2, 0.25) is 12.6 Å². The Kier molecular flexibility index (Phi) is 6.36. The van der Waals surface area contributed by atoms with Crippen molar-refractivity contribution in [2.75, 3.05) is 12.0 Å². The SMILES string of the molecule is COc1nn(C)cc1N(C(=O)OC(C)(C)C)c1cn(CC2CCB(C#N)C2)c(=O)c2c1ncn2C. The fraction of sp³-hybridized carbons (Fsp3) is 0.522. The number of rotatable bonds is 5. The first-order valence-corrected chi connectivity index (χ1v) is 11.6. The molecule has 0 spiro atoms. The molecule has 0 aromatic carbocycles. The molecule has 0 aliphatic carbocycles. The van der Waals surface area contributed by atoms with Crippen LogP contribution < -0.4 is 15.2 Å². The number of ether oxygens (including phenoxy) is 2. The monoisotopic (exact) mass is 479 g/mol. The van der Waals surface area contributed by atoms with Gasteiger partial charge >= 0.3 is 6.09 Å². The van der Waals surface area contributed by atoms with Gasteiger partial charge in [0.1, 0.15) is 22.3 Å². The Hall–Kier alpha value is -3.75. The minimum atomic E-state index is -0.765. The van der Waals surface area contributed by atoms with E-state index in [0.717, 1.165) is 19.1 Å². The average molecular weight is 479 g/mol. The summed E-state index contributed by atoms with van der Waals surface area (Å²) in [5.74, 6) is 2.76. The van der Waals surface area contributed by atoms with Gasteiger partial charge in [-0.25, -0.2) is 19.9 Å². The number of anilines is 2. The lowest BCUT2D eigenvalue weighted by Gasteiger charge is -2.27. The van der Waals surface area contributed by atoms with Gasteiger partial charge in [-0.2, -0.15) is 0 Å². The molecule has 4 rings (SSSR count). The van der Waals surface area contributed by atoms with E-state index in [1.54, 1.807) is 62.7 Å². The summed E-state index contributed by atoms with van der Waals surface area (Å²) in [6.45, 7) is 5.80. The van der Waals surface area contributed by atoms with Crippen molar-refractivity contribution in [1.29, 1.82) is 5.26 Å². The quantitative estimate of drug-likeness (QED) is 0.516. The number of fused-ring (bicyclic) bond motifs is 1. The molecule has 12 heteroatoms. The molecule has 0 bridgehead atoms. The molecule has 0 radical (unpaired) electrons. The number of hydrogen-bond acceptors (Lipinski definition) is 7. The third-order valence-electron chi connectivity index (χ3n) is 6.13. The normalized spacial score (nSPS) is 15.9. The predicted molar refractivity (Wildman–Crippen MR) is 132 cm³/mol. The van der Waals surface area contributed by atoms with E-state index in [1.807, 2.05) is 0 Å². The van der Waals surface area contributed by atoms with Crippen molar-refractivity contribution in [3.63, 3.8) is 0 Å². The van der Waals surface area contributed by atoms with Crippen molar-refractivity contribution in [3.8, 4) is 11.8 Å². The number of aryl methyl sites for hydroxylation is 2. The summed E-state index contributed by atoms with van der Waals surface area (Å²) >= 11 is 0. The third-order valence-corrected chi connectivity index (χ3v) is 6.13. The molecule has 184 valence electrons. The van der Waals surface area contributed by atoms with E-state index in [-0.39, 0.29) is 24.1 Å². The molecule has 1 aliphatic heterocycles. The van der Waals surface area contributed by atoms with Gasteiger partial charge in [0.2, 0.25) is 0 Å². The van der Waals surface area contributed by atoms with Crippen LogP contribution in [-0.2, 0) is 25.4 Å². The molecule has 1 saturated heterocycles. The lowest BCUT2D eigenvalue weighted by atomic mass is 9.50. The van der Waals surface area contributed by atoms with Gasteiger partial charge in [0.15, 0.2) is 0 Å². The van der Waals surface area contributed by atoms with Gasteiger partial charge in [-0.05, 0) is 26.7 Å². The highest BCUT2D eigenvalue weighted by Gasteiger charge is 2.33. The molecule has 35 heavy (non-hydrogen) atoms. The molecule has 4 heterocycles. The molecule has 1 amide bonds. The molecule has 0 N–H and O–H groups in total. The van der Waals surface area contributed by atoms with E-state index < -0.39 is 11.7 Å². The van der Waals surface area contributed by atoms with Crippen LogP contribution in [0.1, 0.15) is 27.2 Å². The molecule has 1 unspecified atom stereocenters. The minimum absolute atomic E-state index is 0.00789. The first-order chi connectivity index (χ1) is 16.5. The van der Waals surface area contributed by atoms with Crippen LogP contribution in [0.4, 0.5) is 16.2 Å². The van der Waals surface area contributed by atoms with Crippen molar-refractivity contribution in [1.82, 2.24) is 23.9 Å². The molecule has 3 aromatic rings. The summed E-state index contributed by atoms with van der Waals surface area (Å²) < 4.78 is 16.0. The zero-order chi connectivity index (χ0) is 25.5. The van der Waals surface area contributed by atoms with Crippen molar-refractivity contribution < 1.29 is 14.3 Å². The fourth-order valence-electron chi connectivity index (χ4n) is 4.60. The Balaban J connectivity index is 1.91. The molecule has 1 aliphatic rings. The number of imidazole rings is 1. The first-order valence-electron chi connectivity index (χ1n) is 11.6. The molecular formula is C23H30BN7O4. The van der Waals surface area contributed by atoms with Crippen LogP contribution in [-0.4, -0.2) is 49.4 Å². The Morgan fingerprint density at radius 2 is 2.06 bits per heavy atom. The first kappa shape index (κ1) is 24.4. The van der Waals surface area contributed by atoms with Crippen LogP contribution in [0.25, 0.3) is 11.0 Å². The summed E-state index contributed by atoms with van der Waals surface area (Å²) in [7, 11) is 4.94. The van der Waals surface area contributed by atoms with Crippen LogP contribution >= 0.6 is 0 Å². The lowest BCUT2D eigenvalue weighted by Crippen LogP contribution is -2.35.